The minimum atomic E-state index is 0.233. The van der Waals surface area contributed by atoms with E-state index in [1.807, 2.05) is 35.3 Å². The zero-order valence-corrected chi connectivity index (χ0v) is 21.7. The Morgan fingerprint density at radius 1 is 1.17 bits per heavy atom. The van der Waals surface area contributed by atoms with Crippen molar-refractivity contribution in [2.75, 3.05) is 33.7 Å². The van der Waals surface area contributed by atoms with E-state index in [4.69, 9.17) is 0 Å². The molecule has 0 unspecified atom stereocenters. The third-order valence-corrected chi connectivity index (χ3v) is 7.22. The summed E-state index contributed by atoms with van der Waals surface area (Å²) < 4.78 is 1.90. The second-order valence-corrected chi connectivity index (χ2v) is 10.6. The zero-order chi connectivity index (χ0) is 24.9. The average molecular weight is 473 g/mol. The molecule has 0 saturated carbocycles. The average Bonchev–Trinajstić information content (AvgIpc) is 3.38. The van der Waals surface area contributed by atoms with Gasteiger partial charge >= 0.3 is 0 Å². The van der Waals surface area contributed by atoms with E-state index in [9.17, 15) is 4.79 Å². The number of amides is 1. The number of carbonyl (C=O) groups excluding carboxylic acids is 1. The summed E-state index contributed by atoms with van der Waals surface area (Å²) in [6.45, 7) is 10.7. The summed E-state index contributed by atoms with van der Waals surface area (Å²) in [6, 6.07) is 9.09. The highest BCUT2D eigenvalue weighted by Gasteiger charge is 2.25. The lowest BCUT2D eigenvalue weighted by molar-refractivity contribution is -0.132. The van der Waals surface area contributed by atoms with Crippen molar-refractivity contribution in [1.82, 2.24) is 29.4 Å². The number of benzene rings is 1. The maximum absolute atomic E-state index is 12.5. The lowest BCUT2D eigenvalue weighted by Gasteiger charge is -2.33. The molecular formula is C28H36N6O. The fourth-order valence-corrected chi connectivity index (χ4v) is 5.54. The van der Waals surface area contributed by atoms with Crippen molar-refractivity contribution in [1.29, 1.82) is 0 Å². The number of hydrogen-bond donors (Lipinski definition) is 1. The van der Waals surface area contributed by atoms with Crippen LogP contribution >= 0.6 is 0 Å². The predicted octanol–water partition coefficient (Wildman–Crippen LogP) is 4.89. The summed E-state index contributed by atoms with van der Waals surface area (Å²) in [4.78, 5) is 24.7. The lowest BCUT2D eigenvalue weighted by Crippen LogP contribution is -2.42. The van der Waals surface area contributed by atoms with Gasteiger partial charge in [0.15, 0.2) is 5.65 Å². The van der Waals surface area contributed by atoms with Crippen molar-refractivity contribution in [3.8, 4) is 11.3 Å². The quantitative estimate of drug-likeness (QED) is 0.449. The molecule has 1 aliphatic rings. The van der Waals surface area contributed by atoms with Gasteiger partial charge in [-0.05, 0) is 87.5 Å². The van der Waals surface area contributed by atoms with Gasteiger partial charge in [0.1, 0.15) is 5.82 Å². The monoisotopic (exact) mass is 472 g/mol. The van der Waals surface area contributed by atoms with Crippen molar-refractivity contribution >= 4 is 22.5 Å². The molecule has 0 bridgehead atoms. The molecule has 0 aliphatic carbocycles. The van der Waals surface area contributed by atoms with E-state index >= 15 is 0 Å². The predicted molar refractivity (Wildman–Crippen MR) is 141 cm³/mol. The molecule has 184 valence electrons. The fourth-order valence-electron chi connectivity index (χ4n) is 5.54. The van der Waals surface area contributed by atoms with Crippen LogP contribution < -0.4 is 0 Å². The van der Waals surface area contributed by atoms with E-state index in [-0.39, 0.29) is 5.91 Å². The molecular weight excluding hydrogens is 436 g/mol. The molecule has 1 aliphatic heterocycles. The molecule has 0 atom stereocenters. The maximum Gasteiger partial charge on any atom is 0.236 e. The normalized spacial score (nSPS) is 15.3. The Morgan fingerprint density at radius 3 is 2.60 bits per heavy atom. The van der Waals surface area contributed by atoms with Crippen molar-refractivity contribution in [3.63, 3.8) is 0 Å². The summed E-state index contributed by atoms with van der Waals surface area (Å²) in [6.07, 6.45) is 4.11. The molecule has 7 heteroatoms. The number of aromatic nitrogens is 4. The van der Waals surface area contributed by atoms with E-state index in [1.165, 1.54) is 22.0 Å². The summed E-state index contributed by atoms with van der Waals surface area (Å²) in [5.74, 6) is 1.87. The van der Waals surface area contributed by atoms with Crippen molar-refractivity contribution in [2.45, 2.75) is 52.4 Å². The van der Waals surface area contributed by atoms with Crippen LogP contribution in [0.3, 0.4) is 0 Å². The van der Waals surface area contributed by atoms with Gasteiger partial charge in [-0.25, -0.2) is 9.50 Å². The highest BCUT2D eigenvalue weighted by atomic mass is 16.2. The number of rotatable bonds is 5. The number of likely N-dealkylation sites (N-methyl/N-ethyl adjacent to an activating group) is 1. The van der Waals surface area contributed by atoms with Crippen molar-refractivity contribution in [2.24, 2.45) is 0 Å². The zero-order valence-electron chi connectivity index (χ0n) is 21.7. The first-order chi connectivity index (χ1) is 16.7. The molecule has 0 spiro atoms. The molecule has 5 rings (SSSR count). The molecule has 4 aromatic rings. The topological polar surface area (TPSA) is 69.5 Å². The minimum absolute atomic E-state index is 0.233. The third-order valence-electron chi connectivity index (χ3n) is 7.22. The van der Waals surface area contributed by atoms with E-state index in [1.54, 1.807) is 0 Å². The van der Waals surface area contributed by atoms with Crippen LogP contribution in [0.2, 0.25) is 0 Å². The molecule has 4 heterocycles. The van der Waals surface area contributed by atoms with E-state index in [0.29, 0.717) is 18.4 Å². The first kappa shape index (κ1) is 23.5. The number of likely N-dealkylation sites (tertiary alicyclic amines) is 1. The van der Waals surface area contributed by atoms with Crippen LogP contribution in [0, 0.1) is 13.8 Å². The van der Waals surface area contributed by atoms with Gasteiger partial charge in [0.05, 0.1) is 12.2 Å². The Kier molecular flexibility index (Phi) is 6.13. The van der Waals surface area contributed by atoms with Crippen LogP contribution in [0.15, 0.2) is 30.5 Å². The van der Waals surface area contributed by atoms with Crippen LogP contribution in [0.25, 0.3) is 27.8 Å². The second-order valence-electron chi connectivity index (χ2n) is 10.6. The molecule has 1 saturated heterocycles. The first-order valence-corrected chi connectivity index (χ1v) is 12.6. The summed E-state index contributed by atoms with van der Waals surface area (Å²) in [5, 5.41) is 5.86. The number of aryl methyl sites for hydroxylation is 2. The number of fused-ring (bicyclic) bond motifs is 2. The summed E-state index contributed by atoms with van der Waals surface area (Å²) in [7, 11) is 3.90. The number of hydrogen-bond acceptors (Lipinski definition) is 4. The van der Waals surface area contributed by atoms with Crippen molar-refractivity contribution in [3.05, 3.63) is 53.0 Å². The summed E-state index contributed by atoms with van der Waals surface area (Å²) >= 11 is 0. The highest BCUT2D eigenvalue weighted by Crippen LogP contribution is 2.38. The lowest BCUT2D eigenvalue weighted by atomic mass is 9.87. The fraction of sp³-hybridized carbons (Fsp3) is 0.464. The van der Waals surface area contributed by atoms with Crippen molar-refractivity contribution < 1.29 is 4.79 Å². The Balaban J connectivity index is 1.48. The van der Waals surface area contributed by atoms with Crippen LogP contribution in [-0.2, 0) is 4.79 Å². The van der Waals surface area contributed by atoms with Gasteiger partial charge < -0.3 is 14.8 Å². The number of H-pyrrole nitrogens is 1. The summed E-state index contributed by atoms with van der Waals surface area (Å²) in [5.41, 5.74) is 8.21. The van der Waals surface area contributed by atoms with Crippen LogP contribution in [0.4, 0.5) is 0 Å². The largest absolute Gasteiger partial charge is 0.354 e. The Bertz CT molecular complexity index is 1390. The van der Waals surface area contributed by atoms with Gasteiger partial charge in [-0.3, -0.25) is 4.79 Å². The molecule has 1 amide bonds. The number of nitrogens with zero attached hydrogens (tertiary/aromatic N) is 5. The number of aromatic amines is 1. The molecule has 1 aromatic carbocycles. The number of pyridine rings is 1. The SMILES string of the molecule is Cc1nc2c(C)cc(-c3[nH]c4ccc(C5CCN(C(=O)CN(C)C)CC5)cc4c3C(C)C)cn2n1. The van der Waals surface area contributed by atoms with Gasteiger partial charge in [0.2, 0.25) is 5.91 Å². The third kappa shape index (κ3) is 4.45. The molecule has 1 fully saturated rings. The van der Waals surface area contributed by atoms with Gasteiger partial charge in [-0.15, -0.1) is 0 Å². The molecule has 3 aromatic heterocycles. The number of piperidine rings is 1. The molecule has 35 heavy (non-hydrogen) atoms. The molecule has 1 N–H and O–H groups in total. The molecule has 7 nitrogen and oxygen atoms in total. The van der Waals surface area contributed by atoms with E-state index in [0.717, 1.165) is 54.2 Å². The number of carbonyl (C=O) groups is 1. The standard InChI is InChI=1S/C28H36N6O/c1-17(2)26-23-14-21(20-9-11-33(12-10-20)25(35)16-32(5)6)7-8-24(23)30-27(26)22-13-18(3)28-29-19(4)31-34(28)15-22/h7-8,13-15,17,20,30H,9-12,16H2,1-6H3. The Labute approximate surface area is 207 Å². The second kappa shape index (κ2) is 9.11. The van der Waals surface area contributed by atoms with E-state index in [2.05, 4.69) is 66.3 Å². The Morgan fingerprint density at radius 2 is 1.91 bits per heavy atom. The number of nitrogens with one attached hydrogen (secondary N) is 1. The Hall–Kier alpha value is -3.19. The first-order valence-electron chi connectivity index (χ1n) is 12.6. The van der Waals surface area contributed by atoms with Gasteiger partial charge in [-0.1, -0.05) is 19.9 Å². The van der Waals surface area contributed by atoms with Crippen LogP contribution in [0.1, 0.15) is 61.0 Å². The van der Waals surface area contributed by atoms with Crippen LogP contribution in [0.5, 0.6) is 0 Å². The maximum atomic E-state index is 12.5. The van der Waals surface area contributed by atoms with Gasteiger partial charge in [0, 0.05) is 35.8 Å². The smallest absolute Gasteiger partial charge is 0.236 e. The highest BCUT2D eigenvalue weighted by molar-refractivity contribution is 5.92. The minimum Gasteiger partial charge on any atom is -0.354 e. The van der Waals surface area contributed by atoms with Gasteiger partial charge in [-0.2, -0.15) is 5.10 Å². The van der Waals surface area contributed by atoms with E-state index < -0.39 is 0 Å². The van der Waals surface area contributed by atoms with Crippen LogP contribution in [-0.4, -0.2) is 69.0 Å². The van der Waals surface area contributed by atoms with Gasteiger partial charge in [0.25, 0.3) is 0 Å². The molecule has 0 radical (unpaired) electrons.